The van der Waals surface area contributed by atoms with E-state index in [1.807, 2.05) is 6.07 Å². The van der Waals surface area contributed by atoms with E-state index in [1.54, 1.807) is 7.11 Å². The van der Waals surface area contributed by atoms with Crippen molar-refractivity contribution in [3.05, 3.63) is 29.8 Å². The second-order valence-corrected chi connectivity index (χ2v) is 5.99. The van der Waals surface area contributed by atoms with Crippen LogP contribution in [0.4, 0.5) is 0 Å². The molecule has 1 unspecified atom stereocenters. The fourth-order valence-electron chi connectivity index (χ4n) is 2.85. The molecule has 0 aromatic heterocycles. The Morgan fingerprint density at radius 2 is 2.32 bits per heavy atom. The molecular formula is C16H23NO2. The number of benzene rings is 1. The maximum absolute atomic E-state index is 5.67. The van der Waals surface area contributed by atoms with Crippen LogP contribution >= 0.6 is 0 Å². The first-order valence-corrected chi connectivity index (χ1v) is 7.24. The minimum Gasteiger partial charge on any atom is -0.497 e. The average Bonchev–Trinajstić information content (AvgIpc) is 3.17. The van der Waals surface area contributed by atoms with E-state index in [-0.39, 0.29) is 5.41 Å². The van der Waals surface area contributed by atoms with Crippen LogP contribution in [0.25, 0.3) is 0 Å². The first kappa shape index (κ1) is 12.9. The topological polar surface area (TPSA) is 30.5 Å². The zero-order valence-corrected chi connectivity index (χ0v) is 11.7. The molecule has 0 spiro atoms. The van der Waals surface area contributed by atoms with Gasteiger partial charge in [-0.15, -0.1) is 0 Å². The molecule has 104 valence electrons. The molecule has 1 aromatic carbocycles. The van der Waals surface area contributed by atoms with Gasteiger partial charge in [-0.25, -0.2) is 0 Å². The Kier molecular flexibility index (Phi) is 3.76. The van der Waals surface area contributed by atoms with Gasteiger partial charge in [-0.1, -0.05) is 12.1 Å². The highest BCUT2D eigenvalue weighted by molar-refractivity contribution is 5.29. The van der Waals surface area contributed by atoms with Gasteiger partial charge in [0.1, 0.15) is 5.75 Å². The van der Waals surface area contributed by atoms with Crippen LogP contribution in [0.3, 0.4) is 0 Å². The Hall–Kier alpha value is -1.06. The predicted molar refractivity (Wildman–Crippen MR) is 75.6 cm³/mol. The molecule has 2 fully saturated rings. The summed E-state index contributed by atoms with van der Waals surface area (Å²) in [6.07, 6.45) is 4.92. The van der Waals surface area contributed by atoms with Gasteiger partial charge in [0, 0.05) is 24.6 Å². The van der Waals surface area contributed by atoms with Gasteiger partial charge in [-0.2, -0.15) is 0 Å². The Labute approximate surface area is 115 Å². The summed E-state index contributed by atoms with van der Waals surface area (Å²) in [6, 6.07) is 9.19. The fourth-order valence-corrected chi connectivity index (χ4v) is 2.85. The summed E-state index contributed by atoms with van der Waals surface area (Å²) in [5.41, 5.74) is 1.62. The second-order valence-electron chi connectivity index (χ2n) is 5.99. The van der Waals surface area contributed by atoms with Crippen molar-refractivity contribution in [2.24, 2.45) is 5.41 Å². The van der Waals surface area contributed by atoms with Crippen LogP contribution in [0.1, 0.15) is 24.8 Å². The number of methoxy groups -OCH3 is 1. The summed E-state index contributed by atoms with van der Waals surface area (Å²) in [7, 11) is 1.72. The Bertz CT molecular complexity index is 423. The smallest absolute Gasteiger partial charge is 0.119 e. The lowest BCUT2D eigenvalue weighted by atomic mass is 9.80. The highest BCUT2D eigenvalue weighted by atomic mass is 16.5. The van der Waals surface area contributed by atoms with E-state index in [9.17, 15) is 0 Å². The van der Waals surface area contributed by atoms with Crippen molar-refractivity contribution >= 4 is 0 Å². The highest BCUT2D eigenvalue weighted by Gasteiger charge is 2.36. The molecule has 0 radical (unpaired) electrons. The minimum atomic E-state index is 0.273. The van der Waals surface area contributed by atoms with Crippen molar-refractivity contribution in [1.29, 1.82) is 0 Å². The number of nitrogens with one attached hydrogen (secondary N) is 1. The molecule has 1 aliphatic carbocycles. The summed E-state index contributed by atoms with van der Waals surface area (Å²) in [5, 5.41) is 3.68. The molecule has 0 bridgehead atoms. The standard InChI is InChI=1S/C16H23NO2/c1-18-15-4-2-3-13(9-15)10-16(7-8-19-12-16)11-17-14-5-6-14/h2-4,9,14,17H,5-8,10-12H2,1H3. The van der Waals surface area contributed by atoms with Crippen LogP contribution in [-0.2, 0) is 11.2 Å². The van der Waals surface area contributed by atoms with E-state index < -0.39 is 0 Å². The zero-order chi connectivity index (χ0) is 13.1. The summed E-state index contributed by atoms with van der Waals surface area (Å²) in [6.45, 7) is 2.86. The third-order valence-electron chi connectivity index (χ3n) is 4.24. The third-order valence-corrected chi connectivity index (χ3v) is 4.24. The van der Waals surface area contributed by atoms with Gasteiger partial charge >= 0.3 is 0 Å². The minimum absolute atomic E-state index is 0.273. The van der Waals surface area contributed by atoms with Gasteiger partial charge in [0.2, 0.25) is 0 Å². The molecule has 1 aliphatic heterocycles. The number of ether oxygens (including phenoxy) is 2. The molecule has 3 rings (SSSR count). The zero-order valence-electron chi connectivity index (χ0n) is 11.7. The van der Waals surface area contributed by atoms with Gasteiger partial charge in [0.25, 0.3) is 0 Å². The molecular weight excluding hydrogens is 238 g/mol. The molecule has 0 amide bonds. The lowest BCUT2D eigenvalue weighted by Gasteiger charge is -2.28. The lowest BCUT2D eigenvalue weighted by molar-refractivity contribution is 0.149. The molecule has 1 saturated carbocycles. The van der Waals surface area contributed by atoms with E-state index in [1.165, 1.54) is 18.4 Å². The summed E-state index contributed by atoms with van der Waals surface area (Å²) >= 11 is 0. The molecule has 3 heteroatoms. The first-order chi connectivity index (χ1) is 9.30. The van der Waals surface area contributed by atoms with Crippen LogP contribution in [0.15, 0.2) is 24.3 Å². The lowest BCUT2D eigenvalue weighted by Crippen LogP contribution is -2.37. The number of rotatable bonds is 6. The third kappa shape index (κ3) is 3.28. The van der Waals surface area contributed by atoms with Crippen LogP contribution in [0.5, 0.6) is 5.75 Å². The van der Waals surface area contributed by atoms with Crippen LogP contribution in [-0.4, -0.2) is 32.9 Å². The van der Waals surface area contributed by atoms with Gasteiger partial charge < -0.3 is 14.8 Å². The molecule has 1 aromatic rings. The van der Waals surface area contributed by atoms with E-state index in [0.29, 0.717) is 0 Å². The summed E-state index contributed by atoms with van der Waals surface area (Å²) < 4.78 is 11.0. The number of hydrogen-bond acceptors (Lipinski definition) is 3. The van der Waals surface area contributed by atoms with E-state index in [2.05, 4.69) is 23.5 Å². The largest absolute Gasteiger partial charge is 0.497 e. The monoisotopic (exact) mass is 261 g/mol. The Balaban J connectivity index is 1.68. The van der Waals surface area contributed by atoms with Crippen molar-refractivity contribution in [1.82, 2.24) is 5.32 Å². The second kappa shape index (κ2) is 5.51. The summed E-state index contributed by atoms with van der Waals surface area (Å²) in [5.74, 6) is 0.946. The van der Waals surface area contributed by atoms with Crippen molar-refractivity contribution in [2.75, 3.05) is 26.9 Å². The van der Waals surface area contributed by atoms with Crippen LogP contribution in [0.2, 0.25) is 0 Å². The van der Waals surface area contributed by atoms with Gasteiger partial charge in [0.15, 0.2) is 0 Å². The maximum Gasteiger partial charge on any atom is 0.119 e. The van der Waals surface area contributed by atoms with Gasteiger partial charge in [-0.3, -0.25) is 0 Å². The number of hydrogen-bond donors (Lipinski definition) is 1. The highest BCUT2D eigenvalue weighted by Crippen LogP contribution is 2.34. The van der Waals surface area contributed by atoms with Crippen molar-refractivity contribution in [2.45, 2.75) is 31.7 Å². The molecule has 19 heavy (non-hydrogen) atoms. The normalized spacial score (nSPS) is 26.6. The van der Waals surface area contributed by atoms with Crippen molar-refractivity contribution in [3.8, 4) is 5.75 Å². The van der Waals surface area contributed by atoms with Crippen LogP contribution in [0, 0.1) is 5.41 Å². The molecule has 2 aliphatic rings. The molecule has 1 heterocycles. The van der Waals surface area contributed by atoms with Gasteiger partial charge in [0.05, 0.1) is 13.7 Å². The average molecular weight is 261 g/mol. The quantitative estimate of drug-likeness (QED) is 0.853. The van der Waals surface area contributed by atoms with Crippen molar-refractivity contribution in [3.63, 3.8) is 0 Å². The Morgan fingerprint density at radius 3 is 3.00 bits per heavy atom. The maximum atomic E-state index is 5.67. The van der Waals surface area contributed by atoms with E-state index in [0.717, 1.165) is 44.4 Å². The SMILES string of the molecule is COc1cccc(CC2(CNC3CC3)CCOC2)c1. The molecule has 1 saturated heterocycles. The Morgan fingerprint density at radius 1 is 1.42 bits per heavy atom. The fraction of sp³-hybridized carbons (Fsp3) is 0.625. The summed E-state index contributed by atoms with van der Waals surface area (Å²) in [4.78, 5) is 0. The molecule has 1 N–H and O–H groups in total. The molecule has 3 nitrogen and oxygen atoms in total. The van der Waals surface area contributed by atoms with E-state index in [4.69, 9.17) is 9.47 Å². The first-order valence-electron chi connectivity index (χ1n) is 7.24. The predicted octanol–water partition coefficient (Wildman–Crippen LogP) is 2.40. The van der Waals surface area contributed by atoms with Gasteiger partial charge in [-0.05, 0) is 43.4 Å². The van der Waals surface area contributed by atoms with E-state index >= 15 is 0 Å². The molecule has 1 atom stereocenters. The van der Waals surface area contributed by atoms with Crippen molar-refractivity contribution < 1.29 is 9.47 Å². The van der Waals surface area contributed by atoms with Crippen LogP contribution < -0.4 is 10.1 Å².